The first-order valence-electron chi connectivity index (χ1n) is 8.67. The highest BCUT2D eigenvalue weighted by atomic mass is 32.2. The van der Waals surface area contributed by atoms with E-state index in [-0.39, 0.29) is 17.5 Å². The van der Waals surface area contributed by atoms with Gasteiger partial charge in [0.2, 0.25) is 11.1 Å². The zero-order valence-corrected chi connectivity index (χ0v) is 16.3. The molecule has 3 aromatic rings. The van der Waals surface area contributed by atoms with Gasteiger partial charge in [-0.05, 0) is 65.9 Å². The summed E-state index contributed by atoms with van der Waals surface area (Å²) in [6, 6.07) is 8.00. The number of thioether (sulfide) groups is 1. The van der Waals surface area contributed by atoms with Crippen LogP contribution < -0.4 is 5.32 Å². The van der Waals surface area contributed by atoms with E-state index >= 15 is 0 Å². The number of rotatable bonds is 5. The van der Waals surface area contributed by atoms with Gasteiger partial charge in [0.1, 0.15) is 16.9 Å². The molecular formula is C18H15FN6OS2. The number of carbonyl (C=O) groups is 1. The molecule has 1 aliphatic carbocycles. The molecule has 0 saturated heterocycles. The van der Waals surface area contributed by atoms with Crippen LogP contribution >= 0.6 is 23.1 Å². The molecule has 142 valence electrons. The molecule has 0 bridgehead atoms. The molecule has 1 amide bonds. The van der Waals surface area contributed by atoms with Crippen molar-refractivity contribution in [3.8, 4) is 11.8 Å². The standard InChI is InChI=1S/C18H15FN6OS2/c19-11-5-7-12(8-6-11)25-18(22-23-24-25)27-10-16(26)21-17-14(9-20)13-3-1-2-4-15(13)28-17/h5-8H,1-4,10H2,(H,21,26). The SMILES string of the molecule is N#Cc1c(NC(=O)CSc2nnnn2-c2ccc(F)cc2)sc2c1CCCC2. The summed E-state index contributed by atoms with van der Waals surface area (Å²) >= 11 is 2.67. The van der Waals surface area contributed by atoms with Crippen molar-refractivity contribution in [1.29, 1.82) is 5.26 Å². The van der Waals surface area contributed by atoms with Gasteiger partial charge in [0.15, 0.2) is 0 Å². The van der Waals surface area contributed by atoms with Crippen LogP contribution in [0.2, 0.25) is 0 Å². The normalized spacial score (nSPS) is 13.0. The number of aryl methyl sites for hydroxylation is 1. The molecule has 0 radical (unpaired) electrons. The number of nitrogens with zero attached hydrogens (tertiary/aromatic N) is 5. The van der Waals surface area contributed by atoms with Crippen molar-refractivity contribution in [2.24, 2.45) is 0 Å². The van der Waals surface area contributed by atoms with E-state index in [2.05, 4.69) is 26.9 Å². The van der Waals surface area contributed by atoms with E-state index in [9.17, 15) is 14.4 Å². The smallest absolute Gasteiger partial charge is 0.235 e. The second-order valence-electron chi connectivity index (χ2n) is 6.21. The highest BCUT2D eigenvalue weighted by Crippen LogP contribution is 2.37. The van der Waals surface area contributed by atoms with Gasteiger partial charge in [-0.3, -0.25) is 4.79 Å². The molecule has 2 aromatic heterocycles. The van der Waals surface area contributed by atoms with Gasteiger partial charge in [-0.15, -0.1) is 16.4 Å². The van der Waals surface area contributed by atoms with E-state index in [0.717, 1.165) is 31.2 Å². The number of hydrogen-bond donors (Lipinski definition) is 1. The van der Waals surface area contributed by atoms with E-state index in [1.165, 1.54) is 44.8 Å². The van der Waals surface area contributed by atoms with E-state index in [0.29, 0.717) is 21.4 Å². The van der Waals surface area contributed by atoms with Gasteiger partial charge in [0.05, 0.1) is 17.0 Å². The average Bonchev–Trinajstić information content (AvgIpc) is 3.30. The molecule has 10 heteroatoms. The molecule has 0 aliphatic heterocycles. The number of thiophene rings is 1. The van der Waals surface area contributed by atoms with E-state index in [1.54, 1.807) is 12.1 Å². The lowest BCUT2D eigenvalue weighted by atomic mass is 9.96. The van der Waals surface area contributed by atoms with Gasteiger partial charge in [0.25, 0.3) is 0 Å². The van der Waals surface area contributed by atoms with Gasteiger partial charge in [-0.2, -0.15) is 9.94 Å². The molecule has 0 atom stereocenters. The predicted molar refractivity (Wildman–Crippen MR) is 104 cm³/mol. The van der Waals surface area contributed by atoms with Crippen molar-refractivity contribution in [1.82, 2.24) is 20.2 Å². The fourth-order valence-corrected chi connectivity index (χ4v) is 5.03. The van der Waals surface area contributed by atoms with Crippen LogP contribution in [0.4, 0.5) is 9.39 Å². The molecule has 0 saturated carbocycles. The first kappa shape index (κ1) is 18.6. The Bertz CT molecular complexity index is 1050. The average molecular weight is 414 g/mol. The summed E-state index contributed by atoms with van der Waals surface area (Å²) < 4.78 is 14.5. The molecule has 28 heavy (non-hydrogen) atoms. The van der Waals surface area contributed by atoms with Gasteiger partial charge in [-0.1, -0.05) is 11.8 Å². The van der Waals surface area contributed by atoms with Crippen LogP contribution in [0.15, 0.2) is 29.4 Å². The third-order valence-corrected chi connectivity index (χ3v) is 6.51. The number of halogens is 1. The third-order valence-electron chi connectivity index (χ3n) is 4.38. The zero-order chi connectivity index (χ0) is 19.5. The number of hydrogen-bond acceptors (Lipinski definition) is 7. The zero-order valence-electron chi connectivity index (χ0n) is 14.7. The first-order valence-corrected chi connectivity index (χ1v) is 10.5. The Morgan fingerprint density at radius 1 is 1.32 bits per heavy atom. The van der Waals surface area contributed by atoms with Gasteiger partial charge >= 0.3 is 0 Å². The van der Waals surface area contributed by atoms with Crippen molar-refractivity contribution in [2.45, 2.75) is 30.8 Å². The lowest BCUT2D eigenvalue weighted by molar-refractivity contribution is -0.113. The van der Waals surface area contributed by atoms with Crippen molar-refractivity contribution < 1.29 is 9.18 Å². The van der Waals surface area contributed by atoms with Crippen LogP contribution in [0.5, 0.6) is 0 Å². The lowest BCUT2D eigenvalue weighted by Crippen LogP contribution is -2.14. The first-order chi connectivity index (χ1) is 13.7. The number of amides is 1. The minimum Gasteiger partial charge on any atom is -0.316 e. The molecule has 1 N–H and O–H groups in total. The fraction of sp³-hybridized carbons (Fsp3) is 0.278. The molecule has 7 nitrogen and oxygen atoms in total. The molecule has 0 fully saturated rings. The molecule has 4 rings (SSSR count). The number of carbonyl (C=O) groups excluding carboxylic acids is 1. The second kappa shape index (κ2) is 8.08. The Kier molecular flexibility index (Phi) is 5.36. The Morgan fingerprint density at radius 2 is 2.11 bits per heavy atom. The monoisotopic (exact) mass is 414 g/mol. The van der Waals surface area contributed by atoms with E-state index < -0.39 is 0 Å². The lowest BCUT2D eigenvalue weighted by Gasteiger charge is -2.09. The highest BCUT2D eigenvalue weighted by molar-refractivity contribution is 7.99. The second-order valence-corrected chi connectivity index (χ2v) is 8.26. The number of anilines is 1. The van der Waals surface area contributed by atoms with Crippen molar-refractivity contribution in [2.75, 3.05) is 11.1 Å². The summed E-state index contributed by atoms with van der Waals surface area (Å²) in [6.45, 7) is 0. The summed E-state index contributed by atoms with van der Waals surface area (Å²) in [5.74, 6) is -0.485. The summed E-state index contributed by atoms with van der Waals surface area (Å²) in [6.07, 6.45) is 4.05. The maximum atomic E-state index is 13.1. The Hall–Kier alpha value is -2.77. The quantitative estimate of drug-likeness (QED) is 0.643. The maximum Gasteiger partial charge on any atom is 0.235 e. The van der Waals surface area contributed by atoms with Gasteiger partial charge < -0.3 is 5.32 Å². The van der Waals surface area contributed by atoms with Crippen molar-refractivity contribution in [3.05, 3.63) is 46.1 Å². The Morgan fingerprint density at radius 3 is 2.89 bits per heavy atom. The Balaban J connectivity index is 1.44. The topological polar surface area (TPSA) is 96.5 Å². The predicted octanol–water partition coefficient (Wildman–Crippen LogP) is 3.34. The molecular weight excluding hydrogens is 399 g/mol. The van der Waals surface area contributed by atoms with E-state index in [1.807, 2.05) is 0 Å². The van der Waals surface area contributed by atoms with Crippen molar-refractivity contribution >= 4 is 34.0 Å². The summed E-state index contributed by atoms with van der Waals surface area (Å²) in [5.41, 5.74) is 2.28. The summed E-state index contributed by atoms with van der Waals surface area (Å²) in [5, 5.41) is 24.8. The van der Waals surface area contributed by atoms with Crippen LogP contribution in [0.1, 0.15) is 28.8 Å². The molecule has 2 heterocycles. The number of nitriles is 1. The minimum absolute atomic E-state index is 0.0923. The number of fused-ring (bicyclic) bond motifs is 1. The summed E-state index contributed by atoms with van der Waals surface area (Å²) in [7, 11) is 0. The molecule has 0 spiro atoms. The number of aromatic nitrogens is 4. The van der Waals surface area contributed by atoms with Crippen LogP contribution in [-0.2, 0) is 17.6 Å². The van der Waals surface area contributed by atoms with Gasteiger partial charge in [-0.25, -0.2) is 4.39 Å². The number of nitrogens with one attached hydrogen (secondary N) is 1. The van der Waals surface area contributed by atoms with Crippen LogP contribution in [0.25, 0.3) is 5.69 Å². The van der Waals surface area contributed by atoms with Crippen LogP contribution in [-0.4, -0.2) is 31.9 Å². The molecule has 1 aromatic carbocycles. The van der Waals surface area contributed by atoms with Crippen LogP contribution in [0.3, 0.4) is 0 Å². The fourth-order valence-electron chi connectivity index (χ4n) is 3.08. The third kappa shape index (κ3) is 3.76. The van der Waals surface area contributed by atoms with E-state index in [4.69, 9.17) is 0 Å². The molecule has 1 aliphatic rings. The minimum atomic E-state index is -0.350. The summed E-state index contributed by atoms with van der Waals surface area (Å²) in [4.78, 5) is 13.6. The Labute approximate surface area is 168 Å². The van der Waals surface area contributed by atoms with Gasteiger partial charge in [0, 0.05) is 4.88 Å². The maximum absolute atomic E-state index is 13.1. The number of benzene rings is 1. The van der Waals surface area contributed by atoms with Crippen molar-refractivity contribution in [3.63, 3.8) is 0 Å². The molecule has 0 unspecified atom stereocenters. The highest BCUT2D eigenvalue weighted by Gasteiger charge is 2.22. The van der Waals surface area contributed by atoms with Crippen LogP contribution in [0, 0.1) is 17.1 Å². The number of tetrazole rings is 1. The largest absolute Gasteiger partial charge is 0.316 e.